The Morgan fingerprint density at radius 2 is 2.22 bits per heavy atom. The second-order valence-electron chi connectivity index (χ2n) is 5.40. The number of halogens is 3. The molecule has 3 heterocycles. The van der Waals surface area contributed by atoms with Gasteiger partial charge in [-0.1, -0.05) is 0 Å². The number of ether oxygens (including phenoxy) is 1. The van der Waals surface area contributed by atoms with Crippen molar-refractivity contribution in [3.63, 3.8) is 0 Å². The third-order valence-corrected chi connectivity index (χ3v) is 3.77. The molecule has 0 amide bonds. The average Bonchev–Trinajstić information content (AvgIpc) is 2.96. The van der Waals surface area contributed by atoms with Crippen LogP contribution < -0.4 is 10.1 Å². The largest absolute Gasteiger partial charge is 0.481 e. The van der Waals surface area contributed by atoms with Crippen LogP contribution in [0.15, 0.2) is 18.5 Å². The van der Waals surface area contributed by atoms with E-state index in [-0.39, 0.29) is 5.92 Å². The Balaban J connectivity index is 1.62. The van der Waals surface area contributed by atoms with Gasteiger partial charge in [-0.2, -0.15) is 18.2 Å². The van der Waals surface area contributed by atoms with Gasteiger partial charge in [-0.15, -0.1) is 0 Å². The summed E-state index contributed by atoms with van der Waals surface area (Å²) in [5.41, 5.74) is -0.822. The molecule has 1 aliphatic heterocycles. The van der Waals surface area contributed by atoms with E-state index in [9.17, 15) is 13.2 Å². The molecule has 1 N–H and O–H groups in total. The zero-order valence-corrected chi connectivity index (χ0v) is 12.5. The molecule has 3 rings (SSSR count). The van der Waals surface area contributed by atoms with Crippen LogP contribution in [0, 0.1) is 5.92 Å². The number of nitrogens with one attached hydrogen (secondary N) is 1. The van der Waals surface area contributed by atoms with Crippen LogP contribution in [0.1, 0.15) is 17.9 Å². The third-order valence-electron chi connectivity index (χ3n) is 3.77. The van der Waals surface area contributed by atoms with Crippen LogP contribution in [-0.4, -0.2) is 33.2 Å². The molecule has 0 spiro atoms. The van der Waals surface area contributed by atoms with Crippen molar-refractivity contribution >= 4 is 5.95 Å². The summed E-state index contributed by atoms with van der Waals surface area (Å²) in [4.78, 5) is 11.9. The number of rotatable bonds is 4. The lowest BCUT2D eigenvalue weighted by Gasteiger charge is -2.23. The van der Waals surface area contributed by atoms with Crippen molar-refractivity contribution in [2.45, 2.75) is 25.6 Å². The molecule has 0 aliphatic carbocycles. The maximum Gasteiger partial charge on any atom is 0.434 e. The number of imidazole rings is 1. The summed E-state index contributed by atoms with van der Waals surface area (Å²) in [7, 11) is 1.52. The molecule has 0 radical (unpaired) electrons. The number of nitrogens with zero attached hydrogens (tertiary/aromatic N) is 4. The molecule has 0 aromatic carbocycles. The molecular formula is C14H16F3N5O. The lowest BCUT2D eigenvalue weighted by molar-refractivity contribution is -0.141. The molecule has 0 saturated heterocycles. The van der Waals surface area contributed by atoms with Gasteiger partial charge >= 0.3 is 6.18 Å². The Morgan fingerprint density at radius 1 is 1.39 bits per heavy atom. The van der Waals surface area contributed by atoms with Gasteiger partial charge in [-0.25, -0.2) is 9.97 Å². The average molecular weight is 327 g/mol. The predicted octanol–water partition coefficient (Wildman–Crippen LogP) is 2.38. The number of fused-ring (bicyclic) bond motifs is 1. The summed E-state index contributed by atoms with van der Waals surface area (Å²) in [5, 5.41) is 3.10. The van der Waals surface area contributed by atoms with Crippen LogP contribution in [0.5, 0.6) is 5.88 Å². The summed E-state index contributed by atoms with van der Waals surface area (Å²) in [5.74, 6) is 1.58. The highest BCUT2D eigenvalue weighted by atomic mass is 19.4. The summed E-state index contributed by atoms with van der Waals surface area (Å²) < 4.78 is 44.7. The van der Waals surface area contributed by atoms with Crippen molar-refractivity contribution in [2.75, 3.05) is 19.0 Å². The number of aryl methyl sites for hydroxylation is 1. The number of alkyl halides is 3. The Bertz CT molecular complexity index is 685. The van der Waals surface area contributed by atoms with E-state index in [1.807, 2.05) is 0 Å². The number of methoxy groups -OCH3 is 1. The maximum atomic E-state index is 12.7. The van der Waals surface area contributed by atoms with Gasteiger partial charge in [0.05, 0.1) is 7.11 Å². The quantitative estimate of drug-likeness (QED) is 0.934. The monoisotopic (exact) mass is 327 g/mol. The molecule has 6 nitrogen and oxygen atoms in total. The number of anilines is 1. The van der Waals surface area contributed by atoms with Crippen molar-refractivity contribution < 1.29 is 17.9 Å². The molecule has 0 bridgehead atoms. The van der Waals surface area contributed by atoms with Crippen LogP contribution in [0.4, 0.5) is 19.1 Å². The van der Waals surface area contributed by atoms with Gasteiger partial charge in [0.2, 0.25) is 11.8 Å². The van der Waals surface area contributed by atoms with Gasteiger partial charge < -0.3 is 14.6 Å². The van der Waals surface area contributed by atoms with E-state index in [4.69, 9.17) is 4.74 Å². The molecule has 2 aromatic rings. The summed E-state index contributed by atoms with van der Waals surface area (Å²) >= 11 is 0. The fraction of sp³-hybridized carbons (Fsp3) is 0.500. The number of aromatic nitrogens is 4. The molecule has 23 heavy (non-hydrogen) atoms. The number of hydrogen-bond donors (Lipinski definition) is 1. The first-order valence-electron chi connectivity index (χ1n) is 7.20. The molecule has 1 aliphatic rings. The summed E-state index contributed by atoms with van der Waals surface area (Å²) in [6, 6.07) is 1.64. The first-order chi connectivity index (χ1) is 11.0. The fourth-order valence-electron chi connectivity index (χ4n) is 2.59. The highest BCUT2D eigenvalue weighted by Crippen LogP contribution is 2.30. The van der Waals surface area contributed by atoms with Crippen LogP contribution in [0.2, 0.25) is 0 Å². The van der Waals surface area contributed by atoms with E-state index in [0.29, 0.717) is 37.2 Å². The summed E-state index contributed by atoms with van der Waals surface area (Å²) in [6.07, 6.45) is -0.429. The van der Waals surface area contributed by atoms with Crippen molar-refractivity contribution in [3.05, 3.63) is 30.0 Å². The first kappa shape index (κ1) is 15.6. The Morgan fingerprint density at radius 3 is 2.96 bits per heavy atom. The van der Waals surface area contributed by atoms with E-state index in [2.05, 4.69) is 20.3 Å². The summed E-state index contributed by atoms with van der Waals surface area (Å²) in [6.45, 7) is 1.07. The van der Waals surface area contributed by atoms with E-state index in [0.717, 1.165) is 12.6 Å². The van der Waals surface area contributed by atoms with Crippen LogP contribution >= 0.6 is 0 Å². The molecule has 0 unspecified atom stereocenters. The fourth-order valence-corrected chi connectivity index (χ4v) is 2.59. The van der Waals surface area contributed by atoms with Crippen molar-refractivity contribution in [3.8, 4) is 5.88 Å². The third kappa shape index (κ3) is 3.54. The number of hydrogen-bond acceptors (Lipinski definition) is 5. The van der Waals surface area contributed by atoms with Crippen molar-refractivity contribution in [1.29, 1.82) is 0 Å². The van der Waals surface area contributed by atoms with Gasteiger partial charge in [0.1, 0.15) is 5.82 Å². The SMILES string of the molecule is COc1ccnc(NC[C@@H]2CCc3nc(C(F)(F)F)cn3C2)n1. The molecule has 1 atom stereocenters. The normalized spacial score (nSPS) is 17.7. The zero-order valence-electron chi connectivity index (χ0n) is 12.5. The van der Waals surface area contributed by atoms with Crippen LogP contribution in [0.3, 0.4) is 0 Å². The Labute approximate surface area is 130 Å². The highest BCUT2D eigenvalue weighted by Gasteiger charge is 2.35. The first-order valence-corrected chi connectivity index (χ1v) is 7.20. The van der Waals surface area contributed by atoms with Gasteiger partial charge in [-0.05, 0) is 12.3 Å². The van der Waals surface area contributed by atoms with E-state index in [1.165, 1.54) is 7.11 Å². The van der Waals surface area contributed by atoms with E-state index < -0.39 is 11.9 Å². The van der Waals surface area contributed by atoms with Gasteiger partial charge in [0.15, 0.2) is 5.69 Å². The Kier molecular flexibility index (Phi) is 4.10. The van der Waals surface area contributed by atoms with Crippen molar-refractivity contribution in [2.24, 2.45) is 5.92 Å². The topological polar surface area (TPSA) is 64.9 Å². The predicted molar refractivity (Wildman–Crippen MR) is 76.1 cm³/mol. The van der Waals surface area contributed by atoms with Crippen LogP contribution in [0.25, 0.3) is 0 Å². The molecule has 2 aromatic heterocycles. The second kappa shape index (κ2) is 6.05. The molecule has 124 valence electrons. The minimum atomic E-state index is -4.40. The maximum absolute atomic E-state index is 12.7. The lowest BCUT2D eigenvalue weighted by atomic mass is 9.99. The molecule has 0 saturated carbocycles. The van der Waals surface area contributed by atoms with Crippen LogP contribution in [-0.2, 0) is 19.1 Å². The zero-order chi connectivity index (χ0) is 16.4. The van der Waals surface area contributed by atoms with E-state index >= 15 is 0 Å². The van der Waals surface area contributed by atoms with Gasteiger partial charge in [-0.3, -0.25) is 0 Å². The van der Waals surface area contributed by atoms with E-state index in [1.54, 1.807) is 16.8 Å². The molecular weight excluding hydrogens is 311 g/mol. The second-order valence-corrected chi connectivity index (χ2v) is 5.40. The highest BCUT2D eigenvalue weighted by molar-refractivity contribution is 5.27. The standard InChI is InChI=1S/C14H16F3N5O/c1-23-12-4-5-18-13(21-12)19-6-9-2-3-11-20-10(14(15,16)17)8-22(11)7-9/h4-5,8-9H,2-3,6-7H2,1H3,(H,18,19,21)/t9-/m0/s1. The van der Waals surface area contributed by atoms with Gasteiger partial charge in [0.25, 0.3) is 0 Å². The lowest BCUT2D eigenvalue weighted by Crippen LogP contribution is -2.26. The minimum absolute atomic E-state index is 0.188. The van der Waals surface area contributed by atoms with Crippen molar-refractivity contribution in [1.82, 2.24) is 19.5 Å². The minimum Gasteiger partial charge on any atom is -0.481 e. The molecule has 9 heteroatoms. The Hall–Kier alpha value is -2.32. The smallest absolute Gasteiger partial charge is 0.434 e. The van der Waals surface area contributed by atoms with Gasteiger partial charge in [0, 0.05) is 38.0 Å². The molecule has 0 fully saturated rings.